The summed E-state index contributed by atoms with van der Waals surface area (Å²) < 4.78 is 2.20. The van der Waals surface area contributed by atoms with Crippen LogP contribution in [-0.2, 0) is 13.0 Å². The van der Waals surface area contributed by atoms with Crippen LogP contribution in [0.3, 0.4) is 0 Å². The second-order valence-corrected chi connectivity index (χ2v) is 6.70. The van der Waals surface area contributed by atoms with Crippen molar-refractivity contribution in [2.45, 2.75) is 78.8 Å². The zero-order chi connectivity index (χ0) is 15.2. The lowest BCUT2D eigenvalue weighted by Gasteiger charge is -2.36. The molecule has 0 aromatic carbocycles. The number of rotatable bonds is 7. The predicted molar refractivity (Wildman–Crippen MR) is 89.5 cm³/mol. The highest BCUT2D eigenvalue weighted by atomic mass is 15.3. The molecule has 21 heavy (non-hydrogen) atoms. The summed E-state index contributed by atoms with van der Waals surface area (Å²) in [5.41, 5.74) is 2.59. The number of aromatic nitrogens is 2. The SMILES string of the molecule is CCCNC1CCC(CC)CC1Cc1cc(C)nn1CC. The lowest BCUT2D eigenvalue weighted by atomic mass is 9.75. The third-order valence-corrected chi connectivity index (χ3v) is 5.08. The van der Waals surface area contributed by atoms with Gasteiger partial charge in [0.25, 0.3) is 0 Å². The summed E-state index contributed by atoms with van der Waals surface area (Å²) in [6.07, 6.45) is 7.89. The van der Waals surface area contributed by atoms with Gasteiger partial charge in [0.05, 0.1) is 5.69 Å². The highest BCUT2D eigenvalue weighted by molar-refractivity contribution is 5.10. The van der Waals surface area contributed by atoms with E-state index in [0.717, 1.165) is 30.6 Å². The molecule has 1 aliphatic carbocycles. The Labute approximate surface area is 130 Å². The maximum Gasteiger partial charge on any atom is 0.0596 e. The molecular weight excluding hydrogens is 258 g/mol. The van der Waals surface area contributed by atoms with Crippen molar-refractivity contribution in [3.05, 3.63) is 17.5 Å². The quantitative estimate of drug-likeness (QED) is 0.824. The number of hydrogen-bond donors (Lipinski definition) is 1. The first-order valence-electron chi connectivity index (χ1n) is 8.94. The van der Waals surface area contributed by atoms with Gasteiger partial charge in [0.1, 0.15) is 0 Å². The minimum Gasteiger partial charge on any atom is -0.314 e. The van der Waals surface area contributed by atoms with Gasteiger partial charge >= 0.3 is 0 Å². The van der Waals surface area contributed by atoms with Gasteiger partial charge in [-0.2, -0.15) is 5.10 Å². The van der Waals surface area contributed by atoms with Crippen LogP contribution in [0.4, 0.5) is 0 Å². The summed E-state index contributed by atoms with van der Waals surface area (Å²) >= 11 is 0. The lowest BCUT2D eigenvalue weighted by molar-refractivity contribution is 0.196. The van der Waals surface area contributed by atoms with E-state index in [2.05, 4.69) is 48.9 Å². The van der Waals surface area contributed by atoms with E-state index >= 15 is 0 Å². The van der Waals surface area contributed by atoms with Gasteiger partial charge in [-0.3, -0.25) is 4.68 Å². The van der Waals surface area contributed by atoms with Crippen LogP contribution in [0, 0.1) is 18.8 Å². The van der Waals surface area contributed by atoms with Gasteiger partial charge in [0.2, 0.25) is 0 Å². The number of hydrogen-bond acceptors (Lipinski definition) is 2. The zero-order valence-corrected chi connectivity index (χ0v) is 14.4. The summed E-state index contributed by atoms with van der Waals surface area (Å²) in [7, 11) is 0. The van der Waals surface area contributed by atoms with Crippen LogP contribution in [0.15, 0.2) is 6.07 Å². The van der Waals surface area contributed by atoms with E-state index in [-0.39, 0.29) is 0 Å². The topological polar surface area (TPSA) is 29.9 Å². The number of aryl methyl sites for hydroxylation is 2. The first kappa shape index (κ1) is 16.5. The van der Waals surface area contributed by atoms with Gasteiger partial charge in [0.15, 0.2) is 0 Å². The molecule has 1 N–H and O–H groups in total. The Morgan fingerprint density at radius 3 is 2.76 bits per heavy atom. The molecule has 1 aromatic rings. The van der Waals surface area contributed by atoms with Gasteiger partial charge in [-0.05, 0) is 70.4 Å². The van der Waals surface area contributed by atoms with Crippen LogP contribution in [0.25, 0.3) is 0 Å². The highest BCUT2D eigenvalue weighted by Gasteiger charge is 2.30. The van der Waals surface area contributed by atoms with Gasteiger partial charge in [0, 0.05) is 18.3 Å². The summed E-state index contributed by atoms with van der Waals surface area (Å²) in [5.74, 6) is 1.70. The molecule has 3 nitrogen and oxygen atoms in total. The molecule has 1 fully saturated rings. The highest BCUT2D eigenvalue weighted by Crippen LogP contribution is 2.33. The van der Waals surface area contributed by atoms with Crippen molar-refractivity contribution >= 4 is 0 Å². The molecule has 3 heteroatoms. The van der Waals surface area contributed by atoms with E-state index in [9.17, 15) is 0 Å². The summed E-state index contributed by atoms with van der Waals surface area (Å²) in [5, 5.41) is 8.42. The fourth-order valence-electron chi connectivity index (χ4n) is 3.86. The summed E-state index contributed by atoms with van der Waals surface area (Å²) in [6, 6.07) is 2.99. The van der Waals surface area contributed by atoms with Crippen molar-refractivity contribution in [2.75, 3.05) is 6.54 Å². The smallest absolute Gasteiger partial charge is 0.0596 e. The third-order valence-electron chi connectivity index (χ3n) is 5.08. The van der Waals surface area contributed by atoms with Crippen LogP contribution < -0.4 is 5.32 Å². The Morgan fingerprint density at radius 1 is 1.29 bits per heavy atom. The molecule has 2 rings (SSSR count). The van der Waals surface area contributed by atoms with E-state index in [4.69, 9.17) is 0 Å². The van der Waals surface area contributed by atoms with E-state index in [0.29, 0.717) is 6.04 Å². The maximum atomic E-state index is 4.62. The molecule has 1 saturated carbocycles. The van der Waals surface area contributed by atoms with E-state index < -0.39 is 0 Å². The Bertz CT molecular complexity index is 424. The summed E-state index contributed by atoms with van der Waals surface area (Å²) in [6.45, 7) is 11.1. The van der Waals surface area contributed by atoms with Crippen molar-refractivity contribution < 1.29 is 0 Å². The second kappa shape index (κ2) is 7.98. The molecule has 0 saturated heterocycles. The van der Waals surface area contributed by atoms with E-state index in [1.54, 1.807) is 0 Å². The Morgan fingerprint density at radius 2 is 2.10 bits per heavy atom. The van der Waals surface area contributed by atoms with Crippen LogP contribution in [0.1, 0.15) is 64.3 Å². The van der Waals surface area contributed by atoms with Gasteiger partial charge < -0.3 is 5.32 Å². The van der Waals surface area contributed by atoms with Gasteiger partial charge in [-0.1, -0.05) is 20.3 Å². The molecule has 3 unspecified atom stereocenters. The maximum absolute atomic E-state index is 4.62. The average molecular weight is 291 g/mol. The molecule has 0 amide bonds. The zero-order valence-electron chi connectivity index (χ0n) is 14.4. The standard InChI is InChI=1S/C18H33N3/c1-5-10-19-18-9-8-15(6-2)12-16(18)13-17-11-14(4)20-21(17)7-3/h11,15-16,18-19H,5-10,12-13H2,1-4H3. The third kappa shape index (κ3) is 4.32. The van der Waals surface area contributed by atoms with E-state index in [1.165, 1.54) is 44.2 Å². The van der Waals surface area contributed by atoms with Crippen LogP contribution >= 0.6 is 0 Å². The second-order valence-electron chi connectivity index (χ2n) is 6.70. The fraction of sp³-hybridized carbons (Fsp3) is 0.833. The molecule has 0 spiro atoms. The molecule has 3 atom stereocenters. The Kier molecular flexibility index (Phi) is 6.28. The lowest BCUT2D eigenvalue weighted by Crippen LogP contribution is -2.42. The molecule has 1 heterocycles. The molecule has 0 radical (unpaired) electrons. The minimum absolute atomic E-state index is 0.702. The molecule has 0 aliphatic heterocycles. The summed E-state index contributed by atoms with van der Waals surface area (Å²) in [4.78, 5) is 0. The normalized spacial score (nSPS) is 26.2. The molecule has 120 valence electrons. The van der Waals surface area contributed by atoms with Crippen molar-refractivity contribution in [2.24, 2.45) is 11.8 Å². The molecule has 1 aromatic heterocycles. The first-order valence-corrected chi connectivity index (χ1v) is 8.94. The first-order chi connectivity index (χ1) is 10.2. The van der Waals surface area contributed by atoms with Gasteiger partial charge in [-0.25, -0.2) is 0 Å². The van der Waals surface area contributed by atoms with Crippen molar-refractivity contribution in [1.29, 1.82) is 0 Å². The largest absolute Gasteiger partial charge is 0.314 e. The fourth-order valence-corrected chi connectivity index (χ4v) is 3.86. The molecule has 1 aliphatic rings. The average Bonchev–Trinajstić information content (AvgIpc) is 2.85. The Balaban J connectivity index is 2.07. The monoisotopic (exact) mass is 291 g/mol. The van der Waals surface area contributed by atoms with Crippen molar-refractivity contribution in [1.82, 2.24) is 15.1 Å². The molecule has 0 bridgehead atoms. The van der Waals surface area contributed by atoms with E-state index in [1.807, 2.05) is 0 Å². The van der Waals surface area contributed by atoms with Crippen LogP contribution in [-0.4, -0.2) is 22.4 Å². The molecular formula is C18H33N3. The van der Waals surface area contributed by atoms with Gasteiger partial charge in [-0.15, -0.1) is 0 Å². The van der Waals surface area contributed by atoms with Crippen molar-refractivity contribution in [3.8, 4) is 0 Å². The predicted octanol–water partition coefficient (Wildman–Crippen LogP) is 3.95. The number of nitrogens with one attached hydrogen (secondary N) is 1. The van der Waals surface area contributed by atoms with Crippen molar-refractivity contribution in [3.63, 3.8) is 0 Å². The Hall–Kier alpha value is -0.830. The number of nitrogens with zero attached hydrogens (tertiary/aromatic N) is 2. The van der Waals surface area contributed by atoms with Crippen LogP contribution in [0.2, 0.25) is 0 Å². The minimum atomic E-state index is 0.702. The van der Waals surface area contributed by atoms with Crippen LogP contribution in [0.5, 0.6) is 0 Å².